The molecule has 0 aliphatic carbocycles. The number of aryl methyl sites for hydroxylation is 2. The molecule has 3 nitrogen and oxygen atoms in total. The lowest BCUT2D eigenvalue weighted by Gasteiger charge is -2.13. The summed E-state index contributed by atoms with van der Waals surface area (Å²) in [6, 6.07) is 3.45. The van der Waals surface area contributed by atoms with Crippen LogP contribution in [0.3, 0.4) is 0 Å². The Morgan fingerprint density at radius 2 is 1.69 bits per heavy atom. The van der Waals surface area contributed by atoms with E-state index in [4.69, 9.17) is 4.74 Å². The highest BCUT2D eigenvalue weighted by molar-refractivity contribution is 7.92. The third-order valence-corrected chi connectivity index (χ3v) is 4.91. The van der Waals surface area contributed by atoms with Crippen LogP contribution in [0.1, 0.15) is 25.0 Å². The lowest BCUT2D eigenvalue weighted by molar-refractivity contribution is 0.411. The van der Waals surface area contributed by atoms with Gasteiger partial charge in [-0.3, -0.25) is 0 Å². The second kappa shape index (κ2) is 4.45. The zero-order chi connectivity index (χ0) is 12.5. The second-order valence-corrected chi connectivity index (χ2v) is 6.65. The average molecular weight is 242 g/mol. The van der Waals surface area contributed by atoms with Crippen molar-refractivity contribution >= 4 is 9.84 Å². The SMILES string of the molecule is COc1cc(C)c(S(=O)(=O)C(C)C)cc1C. The van der Waals surface area contributed by atoms with Gasteiger partial charge < -0.3 is 4.74 Å². The molecule has 0 aromatic heterocycles. The molecule has 0 aliphatic rings. The zero-order valence-corrected chi connectivity index (χ0v) is 11.2. The lowest BCUT2D eigenvalue weighted by atomic mass is 10.1. The van der Waals surface area contributed by atoms with E-state index in [0.717, 1.165) is 16.9 Å². The molecule has 4 heteroatoms. The minimum atomic E-state index is -3.21. The molecule has 0 bridgehead atoms. The van der Waals surface area contributed by atoms with Crippen molar-refractivity contribution < 1.29 is 13.2 Å². The minimum absolute atomic E-state index is 0.404. The zero-order valence-electron chi connectivity index (χ0n) is 10.4. The molecule has 0 spiro atoms. The van der Waals surface area contributed by atoms with Gasteiger partial charge in [0.2, 0.25) is 0 Å². The van der Waals surface area contributed by atoms with E-state index in [9.17, 15) is 8.42 Å². The van der Waals surface area contributed by atoms with Gasteiger partial charge in [-0.05, 0) is 51.0 Å². The first-order chi connectivity index (χ1) is 7.30. The summed E-state index contributed by atoms with van der Waals surface area (Å²) in [6.45, 7) is 7.01. The van der Waals surface area contributed by atoms with Gasteiger partial charge in [-0.15, -0.1) is 0 Å². The summed E-state index contributed by atoms with van der Waals surface area (Å²) in [5.41, 5.74) is 1.57. The third kappa shape index (κ3) is 2.21. The van der Waals surface area contributed by atoms with Crippen LogP contribution in [0.4, 0.5) is 0 Å². The Morgan fingerprint density at radius 3 is 2.12 bits per heavy atom. The number of hydrogen-bond acceptors (Lipinski definition) is 3. The van der Waals surface area contributed by atoms with Crippen LogP contribution in [0.5, 0.6) is 5.75 Å². The van der Waals surface area contributed by atoms with Crippen molar-refractivity contribution in [1.82, 2.24) is 0 Å². The molecule has 0 saturated carbocycles. The fourth-order valence-corrected chi connectivity index (χ4v) is 2.90. The van der Waals surface area contributed by atoms with Crippen molar-refractivity contribution in [2.45, 2.75) is 37.8 Å². The molecule has 0 N–H and O–H groups in total. The minimum Gasteiger partial charge on any atom is -0.496 e. The molecule has 0 radical (unpaired) electrons. The molecule has 90 valence electrons. The molecule has 0 saturated heterocycles. The van der Waals surface area contributed by atoms with Gasteiger partial charge in [0.25, 0.3) is 0 Å². The van der Waals surface area contributed by atoms with Crippen LogP contribution in [-0.2, 0) is 9.84 Å². The van der Waals surface area contributed by atoms with E-state index in [0.29, 0.717) is 4.90 Å². The number of benzene rings is 1. The average Bonchev–Trinajstić information content (AvgIpc) is 2.20. The van der Waals surface area contributed by atoms with E-state index in [1.165, 1.54) is 0 Å². The lowest BCUT2D eigenvalue weighted by Crippen LogP contribution is -2.15. The Labute approximate surface area is 97.4 Å². The van der Waals surface area contributed by atoms with Crippen LogP contribution in [0, 0.1) is 13.8 Å². The van der Waals surface area contributed by atoms with Crippen LogP contribution >= 0.6 is 0 Å². The summed E-state index contributed by atoms with van der Waals surface area (Å²) in [7, 11) is -1.63. The predicted octanol–water partition coefficient (Wildman–Crippen LogP) is 2.49. The van der Waals surface area contributed by atoms with Gasteiger partial charge in [-0.1, -0.05) is 0 Å². The number of ether oxygens (including phenoxy) is 1. The number of hydrogen-bond donors (Lipinski definition) is 0. The van der Waals surface area contributed by atoms with Gasteiger partial charge in [0.05, 0.1) is 17.3 Å². The van der Waals surface area contributed by atoms with Crippen molar-refractivity contribution in [3.8, 4) is 5.75 Å². The predicted molar refractivity (Wildman–Crippen MR) is 64.8 cm³/mol. The molecule has 0 fully saturated rings. The van der Waals surface area contributed by atoms with Gasteiger partial charge >= 0.3 is 0 Å². The van der Waals surface area contributed by atoms with Gasteiger partial charge in [0.1, 0.15) is 5.75 Å². The normalized spacial score (nSPS) is 11.9. The van der Waals surface area contributed by atoms with E-state index in [1.54, 1.807) is 40.0 Å². The first-order valence-electron chi connectivity index (χ1n) is 5.19. The van der Waals surface area contributed by atoms with Gasteiger partial charge in [0.15, 0.2) is 9.84 Å². The Kier molecular flexibility index (Phi) is 3.63. The first-order valence-corrected chi connectivity index (χ1v) is 6.74. The summed E-state index contributed by atoms with van der Waals surface area (Å²) in [5.74, 6) is 0.722. The smallest absolute Gasteiger partial charge is 0.180 e. The Morgan fingerprint density at radius 1 is 1.12 bits per heavy atom. The van der Waals surface area contributed by atoms with Crippen LogP contribution in [0.2, 0.25) is 0 Å². The van der Waals surface area contributed by atoms with Gasteiger partial charge in [0, 0.05) is 0 Å². The summed E-state index contributed by atoms with van der Waals surface area (Å²) >= 11 is 0. The number of sulfone groups is 1. The van der Waals surface area contributed by atoms with Crippen molar-refractivity contribution in [3.05, 3.63) is 23.3 Å². The molecule has 0 amide bonds. The van der Waals surface area contributed by atoms with Crippen LogP contribution in [0.15, 0.2) is 17.0 Å². The Bertz CT molecular complexity index is 487. The highest BCUT2D eigenvalue weighted by atomic mass is 32.2. The molecule has 1 aromatic rings. The van der Waals surface area contributed by atoms with Gasteiger partial charge in [-0.25, -0.2) is 8.42 Å². The van der Waals surface area contributed by atoms with Crippen molar-refractivity contribution in [2.75, 3.05) is 7.11 Å². The molecular formula is C12H18O3S. The topological polar surface area (TPSA) is 43.4 Å². The van der Waals surface area contributed by atoms with E-state index >= 15 is 0 Å². The van der Waals surface area contributed by atoms with E-state index < -0.39 is 15.1 Å². The van der Waals surface area contributed by atoms with E-state index in [1.807, 2.05) is 6.92 Å². The Balaban J connectivity index is 3.44. The summed E-state index contributed by atoms with van der Waals surface area (Å²) < 4.78 is 29.3. The highest BCUT2D eigenvalue weighted by Gasteiger charge is 2.22. The Hall–Kier alpha value is -1.03. The molecule has 0 atom stereocenters. The third-order valence-electron chi connectivity index (χ3n) is 2.62. The second-order valence-electron chi connectivity index (χ2n) is 4.18. The quantitative estimate of drug-likeness (QED) is 0.818. The van der Waals surface area contributed by atoms with Crippen molar-refractivity contribution in [1.29, 1.82) is 0 Å². The molecule has 1 rings (SSSR count). The van der Waals surface area contributed by atoms with Crippen LogP contribution in [-0.4, -0.2) is 20.8 Å². The molecule has 1 aromatic carbocycles. The standard InChI is InChI=1S/C12H18O3S/c1-8(2)16(13,14)12-7-9(3)11(15-5)6-10(12)4/h6-8H,1-5H3. The summed E-state index contributed by atoms with van der Waals surface area (Å²) in [4.78, 5) is 0.404. The van der Waals surface area contributed by atoms with Gasteiger partial charge in [-0.2, -0.15) is 0 Å². The summed E-state index contributed by atoms with van der Waals surface area (Å²) in [5, 5.41) is -0.404. The fraction of sp³-hybridized carbons (Fsp3) is 0.500. The first kappa shape index (κ1) is 13.0. The molecule has 16 heavy (non-hydrogen) atoms. The van der Waals surface area contributed by atoms with Crippen LogP contribution in [0.25, 0.3) is 0 Å². The highest BCUT2D eigenvalue weighted by Crippen LogP contribution is 2.27. The fourth-order valence-electron chi connectivity index (χ4n) is 1.54. The maximum Gasteiger partial charge on any atom is 0.180 e. The molecule has 0 aliphatic heterocycles. The monoisotopic (exact) mass is 242 g/mol. The molecular weight excluding hydrogens is 224 g/mol. The van der Waals surface area contributed by atoms with E-state index in [-0.39, 0.29) is 0 Å². The van der Waals surface area contributed by atoms with Crippen molar-refractivity contribution in [2.24, 2.45) is 0 Å². The number of methoxy groups -OCH3 is 1. The van der Waals surface area contributed by atoms with Crippen LogP contribution < -0.4 is 4.74 Å². The maximum absolute atomic E-state index is 12.1. The maximum atomic E-state index is 12.1. The van der Waals surface area contributed by atoms with E-state index in [2.05, 4.69) is 0 Å². The molecule has 0 unspecified atom stereocenters. The molecule has 0 heterocycles. The van der Waals surface area contributed by atoms with Crippen molar-refractivity contribution in [3.63, 3.8) is 0 Å². The number of rotatable bonds is 3. The largest absolute Gasteiger partial charge is 0.496 e. The summed E-state index contributed by atoms with van der Waals surface area (Å²) in [6.07, 6.45) is 0.